The van der Waals surface area contributed by atoms with Gasteiger partial charge in [-0.2, -0.15) is 0 Å². The molecule has 0 radical (unpaired) electrons. The maximum atomic E-state index is 5.99. The third-order valence-electron chi connectivity index (χ3n) is 4.29. The first kappa shape index (κ1) is 16.1. The third-order valence-corrected chi connectivity index (χ3v) is 5.37. The molecule has 2 aromatic heterocycles. The summed E-state index contributed by atoms with van der Waals surface area (Å²) in [6, 6.07) is 9.29. The van der Waals surface area contributed by atoms with E-state index in [9.17, 15) is 0 Å². The lowest BCUT2D eigenvalue weighted by Gasteiger charge is -2.27. The molecule has 1 fully saturated rings. The van der Waals surface area contributed by atoms with E-state index in [0.717, 1.165) is 41.7 Å². The van der Waals surface area contributed by atoms with Crippen LogP contribution in [0.3, 0.4) is 0 Å². The van der Waals surface area contributed by atoms with E-state index in [4.69, 9.17) is 5.73 Å². The summed E-state index contributed by atoms with van der Waals surface area (Å²) in [6.07, 6.45) is 6.09. The largest absolute Gasteiger partial charge is 0.367 e. The lowest BCUT2D eigenvalue weighted by atomic mass is 9.92. The Balaban J connectivity index is 0.000000753. The van der Waals surface area contributed by atoms with Crippen LogP contribution in [0, 0.1) is 0 Å². The van der Waals surface area contributed by atoms with Crippen molar-refractivity contribution >= 4 is 37.5 Å². The zero-order valence-electron chi connectivity index (χ0n) is 13.7. The number of aromatic nitrogens is 2. The van der Waals surface area contributed by atoms with E-state index in [-0.39, 0.29) is 0 Å². The Labute approximate surface area is 141 Å². The van der Waals surface area contributed by atoms with Gasteiger partial charge in [0.25, 0.3) is 0 Å². The van der Waals surface area contributed by atoms with Crippen LogP contribution in [0.2, 0.25) is 0 Å². The summed E-state index contributed by atoms with van der Waals surface area (Å²) in [5.74, 6) is 0.970. The van der Waals surface area contributed by atoms with Crippen molar-refractivity contribution in [2.75, 3.05) is 5.32 Å². The van der Waals surface area contributed by atoms with Crippen molar-refractivity contribution in [1.82, 2.24) is 9.97 Å². The van der Waals surface area contributed by atoms with E-state index in [2.05, 4.69) is 39.6 Å². The van der Waals surface area contributed by atoms with Crippen molar-refractivity contribution < 1.29 is 0 Å². The molecular formula is C18H24N4S. The van der Waals surface area contributed by atoms with Crippen LogP contribution in [0.5, 0.6) is 0 Å². The molecule has 3 N–H and O–H groups in total. The molecule has 0 spiro atoms. The summed E-state index contributed by atoms with van der Waals surface area (Å²) in [4.78, 5) is 9.98. The molecular weight excluding hydrogens is 304 g/mol. The monoisotopic (exact) mass is 328 g/mol. The molecule has 4 rings (SSSR count). The Morgan fingerprint density at radius 2 is 1.83 bits per heavy atom. The van der Waals surface area contributed by atoms with Gasteiger partial charge in [0.1, 0.15) is 17.0 Å². The molecule has 1 saturated carbocycles. The second-order valence-corrected chi connectivity index (χ2v) is 6.79. The lowest BCUT2D eigenvalue weighted by molar-refractivity contribution is 0.410. The highest BCUT2D eigenvalue weighted by Crippen LogP contribution is 2.36. The van der Waals surface area contributed by atoms with E-state index in [0.29, 0.717) is 12.1 Å². The molecule has 1 aliphatic carbocycles. The average molecular weight is 328 g/mol. The van der Waals surface area contributed by atoms with Gasteiger partial charge in [0.2, 0.25) is 0 Å². The predicted octanol–water partition coefficient (Wildman–Crippen LogP) is 4.55. The number of nitrogens with two attached hydrogens (primary N) is 1. The zero-order chi connectivity index (χ0) is 16.2. The van der Waals surface area contributed by atoms with E-state index >= 15 is 0 Å². The number of nitrogens with one attached hydrogen (secondary N) is 1. The highest BCUT2D eigenvalue weighted by molar-refractivity contribution is 7.25. The van der Waals surface area contributed by atoms with Crippen molar-refractivity contribution in [3.63, 3.8) is 0 Å². The highest BCUT2D eigenvalue weighted by atomic mass is 32.1. The molecule has 0 amide bonds. The number of anilines is 1. The molecule has 1 aliphatic rings. The molecule has 0 aliphatic heterocycles. The van der Waals surface area contributed by atoms with Crippen LogP contribution in [-0.4, -0.2) is 22.1 Å². The van der Waals surface area contributed by atoms with Crippen LogP contribution in [0.15, 0.2) is 30.6 Å². The zero-order valence-corrected chi connectivity index (χ0v) is 14.6. The van der Waals surface area contributed by atoms with E-state index in [1.807, 2.05) is 13.8 Å². The first-order chi connectivity index (χ1) is 11.3. The molecule has 0 bridgehead atoms. The normalized spacial score (nSPS) is 21.0. The quantitative estimate of drug-likeness (QED) is 0.724. The summed E-state index contributed by atoms with van der Waals surface area (Å²) in [6.45, 7) is 4.00. The Bertz CT molecular complexity index is 775. The Hall–Kier alpha value is -1.72. The van der Waals surface area contributed by atoms with Crippen molar-refractivity contribution in [2.45, 2.75) is 51.6 Å². The minimum absolute atomic E-state index is 0.371. The van der Waals surface area contributed by atoms with Crippen LogP contribution in [-0.2, 0) is 0 Å². The van der Waals surface area contributed by atoms with Gasteiger partial charge in [0, 0.05) is 22.2 Å². The molecule has 1 aromatic carbocycles. The van der Waals surface area contributed by atoms with Crippen molar-refractivity contribution in [1.29, 1.82) is 0 Å². The van der Waals surface area contributed by atoms with Gasteiger partial charge in [-0.1, -0.05) is 32.0 Å². The molecule has 3 aromatic rings. The summed E-state index contributed by atoms with van der Waals surface area (Å²) >= 11 is 1.73. The van der Waals surface area contributed by atoms with Crippen LogP contribution < -0.4 is 11.1 Å². The fourth-order valence-corrected chi connectivity index (χ4v) is 4.17. The van der Waals surface area contributed by atoms with Gasteiger partial charge in [-0.3, -0.25) is 0 Å². The number of fused-ring (bicyclic) bond motifs is 3. The van der Waals surface area contributed by atoms with E-state index < -0.39 is 0 Å². The first-order valence-corrected chi connectivity index (χ1v) is 9.27. The van der Waals surface area contributed by atoms with Gasteiger partial charge in [-0.05, 0) is 31.7 Å². The lowest BCUT2D eigenvalue weighted by Crippen LogP contribution is -2.33. The molecule has 4 nitrogen and oxygen atoms in total. The Morgan fingerprint density at radius 3 is 2.61 bits per heavy atom. The van der Waals surface area contributed by atoms with Crippen molar-refractivity contribution in [3.05, 3.63) is 30.6 Å². The smallest absolute Gasteiger partial charge is 0.139 e. The van der Waals surface area contributed by atoms with Gasteiger partial charge < -0.3 is 11.1 Å². The second-order valence-electron chi connectivity index (χ2n) is 5.76. The van der Waals surface area contributed by atoms with E-state index in [1.165, 1.54) is 10.1 Å². The number of nitrogens with zero attached hydrogens (tertiary/aromatic N) is 2. The number of hydrogen-bond donors (Lipinski definition) is 2. The minimum Gasteiger partial charge on any atom is -0.367 e. The Morgan fingerprint density at radius 1 is 1.09 bits per heavy atom. The first-order valence-electron chi connectivity index (χ1n) is 8.45. The van der Waals surface area contributed by atoms with Gasteiger partial charge in [-0.25, -0.2) is 9.97 Å². The van der Waals surface area contributed by atoms with Crippen LogP contribution in [0.1, 0.15) is 39.5 Å². The van der Waals surface area contributed by atoms with Crippen LogP contribution >= 0.6 is 11.3 Å². The maximum Gasteiger partial charge on any atom is 0.139 e. The van der Waals surface area contributed by atoms with Gasteiger partial charge in [-0.15, -0.1) is 11.3 Å². The van der Waals surface area contributed by atoms with Crippen molar-refractivity contribution in [2.24, 2.45) is 5.73 Å². The topological polar surface area (TPSA) is 63.8 Å². The summed E-state index contributed by atoms with van der Waals surface area (Å²) in [7, 11) is 0. The SMILES string of the molecule is CC.NC1CCC(Nc2ncnc3sc4ccccc4c23)CC1. The molecule has 0 unspecified atom stereocenters. The maximum absolute atomic E-state index is 5.99. The second kappa shape index (κ2) is 7.23. The third kappa shape index (κ3) is 3.31. The van der Waals surface area contributed by atoms with E-state index in [1.54, 1.807) is 17.7 Å². The van der Waals surface area contributed by atoms with Gasteiger partial charge in [0.05, 0.1) is 5.39 Å². The highest BCUT2D eigenvalue weighted by Gasteiger charge is 2.20. The number of benzene rings is 1. The molecule has 23 heavy (non-hydrogen) atoms. The number of hydrogen-bond acceptors (Lipinski definition) is 5. The summed E-state index contributed by atoms with van der Waals surface area (Å²) < 4.78 is 1.27. The summed E-state index contributed by atoms with van der Waals surface area (Å²) in [5.41, 5.74) is 5.99. The minimum atomic E-state index is 0.371. The molecule has 122 valence electrons. The molecule has 5 heteroatoms. The molecule has 2 heterocycles. The summed E-state index contributed by atoms with van der Waals surface area (Å²) in [5, 5.41) is 6.03. The fraction of sp³-hybridized carbons (Fsp3) is 0.444. The van der Waals surface area contributed by atoms with Gasteiger partial charge in [0.15, 0.2) is 0 Å². The van der Waals surface area contributed by atoms with Gasteiger partial charge >= 0.3 is 0 Å². The molecule has 0 saturated heterocycles. The fourth-order valence-electron chi connectivity index (χ4n) is 3.12. The van der Waals surface area contributed by atoms with Crippen molar-refractivity contribution in [3.8, 4) is 0 Å². The Kier molecular flexibility index (Phi) is 5.08. The molecule has 0 atom stereocenters. The van der Waals surface area contributed by atoms with Crippen LogP contribution in [0.4, 0.5) is 5.82 Å². The standard InChI is InChI=1S/C16H18N4S.C2H6/c17-10-5-7-11(8-6-10)20-15-14-12-3-1-2-4-13(12)21-16(14)19-9-18-15;1-2/h1-4,9-11H,5-8,17H2,(H,18,19,20);1-2H3. The number of thiophene rings is 1. The number of rotatable bonds is 2. The predicted molar refractivity (Wildman–Crippen MR) is 100 cm³/mol. The average Bonchev–Trinajstić information content (AvgIpc) is 2.98. The van der Waals surface area contributed by atoms with Crippen LogP contribution in [0.25, 0.3) is 20.3 Å².